The van der Waals surface area contributed by atoms with Crippen LogP contribution >= 0.6 is 11.3 Å². The molecule has 34 heavy (non-hydrogen) atoms. The Balaban J connectivity index is 1.41. The predicted octanol–water partition coefficient (Wildman–Crippen LogP) is 6.56. The van der Waals surface area contributed by atoms with Gasteiger partial charge in [0.25, 0.3) is 5.88 Å². The van der Waals surface area contributed by atoms with Crippen molar-refractivity contribution in [2.45, 2.75) is 6.54 Å². The van der Waals surface area contributed by atoms with Crippen molar-refractivity contribution in [3.05, 3.63) is 96.7 Å². The minimum Gasteiger partial charge on any atom is -0.497 e. The lowest BCUT2D eigenvalue weighted by Crippen LogP contribution is -1.97. The van der Waals surface area contributed by atoms with Crippen LogP contribution in [0.15, 0.2) is 91.1 Å². The van der Waals surface area contributed by atoms with Crippen LogP contribution in [0.1, 0.15) is 5.56 Å². The molecule has 6 rings (SSSR count). The summed E-state index contributed by atoms with van der Waals surface area (Å²) in [5, 5.41) is 13.5. The van der Waals surface area contributed by atoms with Crippen molar-refractivity contribution in [3.8, 4) is 27.8 Å². The molecule has 0 aliphatic rings. The number of aromatic nitrogens is 4. The average molecular weight is 465 g/mol. The zero-order valence-corrected chi connectivity index (χ0v) is 19.2. The first-order chi connectivity index (χ1) is 16.8. The molecule has 3 heterocycles. The SMILES string of the molecule is COc1ccc(Oc2nnnc3cc(-c4cn(Cc5ccccc5)c5ccccc45)sc23)cc1. The Labute approximate surface area is 200 Å². The minimum absolute atomic E-state index is 0.444. The Morgan fingerprint density at radius 3 is 2.44 bits per heavy atom. The molecular formula is C27H20N4O2S. The van der Waals surface area contributed by atoms with Crippen LogP contribution in [0, 0.1) is 0 Å². The lowest BCUT2D eigenvalue weighted by Gasteiger charge is -2.05. The molecule has 3 aromatic carbocycles. The van der Waals surface area contributed by atoms with E-state index in [0.29, 0.717) is 11.6 Å². The Bertz CT molecular complexity index is 1590. The molecule has 0 saturated carbocycles. The number of ether oxygens (including phenoxy) is 2. The molecule has 7 heteroatoms. The van der Waals surface area contributed by atoms with Crippen molar-refractivity contribution >= 4 is 32.5 Å². The molecule has 0 aliphatic carbocycles. The fraction of sp³-hybridized carbons (Fsp3) is 0.0741. The molecule has 166 valence electrons. The number of methoxy groups -OCH3 is 1. The van der Waals surface area contributed by atoms with Crippen LogP contribution in [0.25, 0.3) is 31.6 Å². The number of hydrogen-bond donors (Lipinski definition) is 0. The van der Waals surface area contributed by atoms with E-state index in [1.54, 1.807) is 18.4 Å². The van der Waals surface area contributed by atoms with Crippen LogP contribution in [0.4, 0.5) is 0 Å². The second kappa shape index (κ2) is 8.61. The highest BCUT2D eigenvalue weighted by Gasteiger charge is 2.17. The van der Waals surface area contributed by atoms with Crippen LogP contribution in [0.5, 0.6) is 17.4 Å². The van der Waals surface area contributed by atoms with Gasteiger partial charge in [-0.25, -0.2) is 0 Å². The summed E-state index contributed by atoms with van der Waals surface area (Å²) >= 11 is 1.61. The zero-order chi connectivity index (χ0) is 22.9. The third-order valence-corrected chi connectivity index (χ3v) is 6.86. The Hall–Kier alpha value is -4.23. The molecular weight excluding hydrogens is 444 g/mol. The van der Waals surface area contributed by atoms with E-state index >= 15 is 0 Å². The largest absolute Gasteiger partial charge is 0.497 e. The van der Waals surface area contributed by atoms with Gasteiger partial charge in [0.1, 0.15) is 21.7 Å². The lowest BCUT2D eigenvalue weighted by molar-refractivity contribution is 0.412. The van der Waals surface area contributed by atoms with Crippen LogP contribution in [-0.4, -0.2) is 27.1 Å². The minimum atomic E-state index is 0.444. The second-order valence-electron chi connectivity index (χ2n) is 7.87. The van der Waals surface area contributed by atoms with Crippen LogP contribution < -0.4 is 9.47 Å². The van der Waals surface area contributed by atoms with Gasteiger partial charge < -0.3 is 14.0 Å². The number of thiophene rings is 1. The van der Waals surface area contributed by atoms with Gasteiger partial charge in [-0.15, -0.1) is 16.4 Å². The molecule has 0 spiro atoms. The Morgan fingerprint density at radius 1 is 0.853 bits per heavy atom. The third-order valence-electron chi connectivity index (χ3n) is 5.72. The fourth-order valence-corrected chi connectivity index (χ4v) is 5.11. The molecule has 0 amide bonds. The summed E-state index contributed by atoms with van der Waals surface area (Å²) < 4.78 is 14.4. The topological polar surface area (TPSA) is 62.1 Å². The first-order valence-electron chi connectivity index (χ1n) is 10.9. The Kier molecular flexibility index (Phi) is 5.16. The summed E-state index contributed by atoms with van der Waals surface area (Å²) in [6.07, 6.45) is 2.22. The number of nitrogens with zero attached hydrogens (tertiary/aromatic N) is 4. The Morgan fingerprint density at radius 2 is 1.62 bits per heavy atom. The molecule has 0 bridgehead atoms. The maximum Gasteiger partial charge on any atom is 0.260 e. The van der Waals surface area contributed by atoms with E-state index in [2.05, 4.69) is 80.8 Å². The first-order valence-corrected chi connectivity index (χ1v) is 11.7. The quantitative estimate of drug-likeness (QED) is 0.279. The standard InChI is InChI=1S/C27H20N4O2S/c1-32-19-11-13-20(14-12-19)33-27-26-23(28-30-29-27)15-25(34-26)22-17-31(16-18-7-3-2-4-8-18)24-10-6-5-9-21(22)24/h2-15,17H,16H2,1H3. The van der Waals surface area contributed by atoms with E-state index in [9.17, 15) is 0 Å². The molecule has 0 N–H and O–H groups in total. The molecule has 0 fully saturated rings. The van der Waals surface area contributed by atoms with Gasteiger partial charge in [-0.2, -0.15) is 0 Å². The molecule has 3 aromatic heterocycles. The number of benzene rings is 3. The van der Waals surface area contributed by atoms with Crippen molar-refractivity contribution in [2.24, 2.45) is 0 Å². The summed E-state index contributed by atoms with van der Waals surface area (Å²) in [7, 11) is 1.64. The van der Waals surface area contributed by atoms with Crippen molar-refractivity contribution in [1.82, 2.24) is 20.0 Å². The van der Waals surface area contributed by atoms with Crippen molar-refractivity contribution in [3.63, 3.8) is 0 Å². The van der Waals surface area contributed by atoms with E-state index < -0.39 is 0 Å². The van der Waals surface area contributed by atoms with E-state index in [0.717, 1.165) is 33.0 Å². The third kappa shape index (κ3) is 3.76. The van der Waals surface area contributed by atoms with Crippen molar-refractivity contribution < 1.29 is 9.47 Å². The maximum atomic E-state index is 6.05. The van der Waals surface area contributed by atoms with Gasteiger partial charge in [0.05, 0.1) is 7.11 Å². The fourth-order valence-electron chi connectivity index (χ4n) is 4.07. The van der Waals surface area contributed by atoms with Crippen molar-refractivity contribution in [2.75, 3.05) is 7.11 Å². The van der Waals surface area contributed by atoms with Crippen molar-refractivity contribution in [1.29, 1.82) is 0 Å². The predicted molar refractivity (Wildman–Crippen MR) is 135 cm³/mol. The highest BCUT2D eigenvalue weighted by atomic mass is 32.1. The summed E-state index contributed by atoms with van der Waals surface area (Å²) in [6.45, 7) is 0.805. The molecule has 6 aromatic rings. The maximum absolute atomic E-state index is 6.05. The summed E-state index contributed by atoms with van der Waals surface area (Å²) in [6, 6.07) is 28.4. The van der Waals surface area contributed by atoms with Crippen LogP contribution in [-0.2, 0) is 6.54 Å². The summed E-state index contributed by atoms with van der Waals surface area (Å²) in [5.41, 5.74) is 4.37. The smallest absolute Gasteiger partial charge is 0.260 e. The molecule has 0 radical (unpaired) electrons. The van der Waals surface area contributed by atoms with Gasteiger partial charge >= 0.3 is 0 Å². The van der Waals surface area contributed by atoms with E-state index in [1.165, 1.54) is 16.5 Å². The molecule has 0 atom stereocenters. The number of rotatable bonds is 6. The zero-order valence-electron chi connectivity index (χ0n) is 18.4. The van der Waals surface area contributed by atoms with Gasteiger partial charge in [0, 0.05) is 34.1 Å². The highest BCUT2D eigenvalue weighted by Crippen LogP contribution is 2.41. The van der Waals surface area contributed by atoms with E-state index in [1.807, 2.05) is 30.3 Å². The van der Waals surface area contributed by atoms with Gasteiger partial charge in [0.2, 0.25) is 0 Å². The van der Waals surface area contributed by atoms with E-state index in [-0.39, 0.29) is 0 Å². The first kappa shape index (κ1) is 20.4. The van der Waals surface area contributed by atoms with E-state index in [4.69, 9.17) is 9.47 Å². The average Bonchev–Trinajstić information content (AvgIpc) is 3.48. The van der Waals surface area contributed by atoms with Gasteiger partial charge in [-0.1, -0.05) is 53.6 Å². The number of fused-ring (bicyclic) bond motifs is 2. The van der Waals surface area contributed by atoms with Crippen LogP contribution in [0.3, 0.4) is 0 Å². The second-order valence-corrected chi connectivity index (χ2v) is 8.92. The van der Waals surface area contributed by atoms with Gasteiger partial charge in [-0.05, 0) is 47.2 Å². The molecule has 6 nitrogen and oxygen atoms in total. The molecule has 0 aliphatic heterocycles. The number of para-hydroxylation sites is 1. The highest BCUT2D eigenvalue weighted by molar-refractivity contribution is 7.22. The summed E-state index contributed by atoms with van der Waals surface area (Å²) in [5.74, 6) is 1.88. The lowest BCUT2D eigenvalue weighted by atomic mass is 10.1. The van der Waals surface area contributed by atoms with Gasteiger partial charge in [-0.3, -0.25) is 0 Å². The molecule has 0 unspecified atom stereocenters. The monoisotopic (exact) mass is 464 g/mol. The normalized spacial score (nSPS) is 11.2. The van der Waals surface area contributed by atoms with Crippen LogP contribution in [0.2, 0.25) is 0 Å². The van der Waals surface area contributed by atoms with Gasteiger partial charge in [0.15, 0.2) is 0 Å². The molecule has 0 saturated heterocycles. The number of hydrogen-bond acceptors (Lipinski definition) is 6. The summed E-state index contributed by atoms with van der Waals surface area (Å²) in [4.78, 5) is 1.10.